The molecule has 6 nitrogen and oxygen atoms in total. The van der Waals surface area contributed by atoms with Gasteiger partial charge in [0, 0.05) is 0 Å². The third-order valence-electron chi connectivity index (χ3n) is 2.66. The number of hydrogen-bond donors (Lipinski definition) is 2. The first kappa shape index (κ1) is 24.0. The number of ether oxygens (including phenoxy) is 2. The highest BCUT2D eigenvalue weighted by Gasteiger charge is 2.60. The predicted molar refractivity (Wildman–Crippen MR) is 76.0 cm³/mol. The second kappa shape index (κ2) is 8.14. The van der Waals surface area contributed by atoms with Gasteiger partial charge in [-0.1, -0.05) is 6.58 Å². The summed E-state index contributed by atoms with van der Waals surface area (Å²) in [7, 11) is 0. The summed E-state index contributed by atoms with van der Waals surface area (Å²) < 4.78 is 82.5. The molecule has 0 aromatic heterocycles. The van der Waals surface area contributed by atoms with E-state index in [-0.39, 0.29) is 0 Å². The lowest BCUT2D eigenvalue weighted by molar-refractivity contribution is -0.312. The van der Waals surface area contributed by atoms with Crippen molar-refractivity contribution in [1.82, 2.24) is 5.32 Å². The maximum absolute atomic E-state index is 12.4. The van der Waals surface area contributed by atoms with Crippen LogP contribution >= 0.6 is 0 Å². The Labute approximate surface area is 145 Å². The quantitative estimate of drug-likeness (QED) is 0.425. The number of esters is 1. The summed E-state index contributed by atoms with van der Waals surface area (Å²) in [5.74, 6) is -2.12. The average molecular weight is 395 g/mol. The molecule has 0 bridgehead atoms. The van der Waals surface area contributed by atoms with Crippen LogP contribution in [-0.2, 0) is 14.3 Å². The summed E-state index contributed by atoms with van der Waals surface area (Å²) in [5, 5.41) is 11.9. The van der Waals surface area contributed by atoms with Crippen molar-refractivity contribution >= 4 is 12.1 Å². The summed E-state index contributed by atoms with van der Waals surface area (Å²) in [5.41, 5.74) is -2.01. The van der Waals surface area contributed by atoms with E-state index in [4.69, 9.17) is 4.74 Å². The molecule has 0 fully saturated rings. The monoisotopic (exact) mass is 395 g/mol. The first-order valence-electron chi connectivity index (χ1n) is 7.07. The van der Waals surface area contributed by atoms with Crippen LogP contribution in [0.3, 0.4) is 0 Å². The number of alkyl carbamates (subject to hydrolysis) is 1. The van der Waals surface area contributed by atoms with Gasteiger partial charge in [0.1, 0.15) is 11.7 Å². The van der Waals surface area contributed by atoms with E-state index in [1.54, 1.807) is 0 Å². The lowest BCUT2D eigenvalue weighted by Crippen LogP contribution is -2.48. The molecule has 26 heavy (non-hydrogen) atoms. The molecule has 0 spiro atoms. The fourth-order valence-corrected chi connectivity index (χ4v) is 1.50. The van der Waals surface area contributed by atoms with Crippen LogP contribution in [0.25, 0.3) is 0 Å². The van der Waals surface area contributed by atoms with Gasteiger partial charge in [-0.15, -0.1) is 0 Å². The summed E-state index contributed by atoms with van der Waals surface area (Å²) >= 11 is 0. The van der Waals surface area contributed by atoms with Gasteiger partial charge in [-0.3, -0.25) is 0 Å². The maximum Gasteiger partial charge on any atom is 0.434 e. The number of aliphatic hydroxyl groups excluding tert-OH is 1. The smallest absolute Gasteiger partial charge is 0.434 e. The molecule has 12 heteroatoms. The molecule has 2 N–H and O–H groups in total. The normalized spacial score (nSPS) is 15.2. The van der Waals surface area contributed by atoms with Crippen LogP contribution in [0.4, 0.5) is 31.1 Å². The third kappa shape index (κ3) is 7.93. The zero-order valence-corrected chi connectivity index (χ0v) is 14.3. The molecular formula is C14H19F6NO5. The molecule has 2 atom stereocenters. The molecule has 0 aliphatic rings. The molecule has 0 aliphatic carbocycles. The van der Waals surface area contributed by atoms with Gasteiger partial charge in [0.15, 0.2) is 0 Å². The van der Waals surface area contributed by atoms with E-state index in [9.17, 15) is 41.0 Å². The second-order valence-electron chi connectivity index (χ2n) is 6.27. The van der Waals surface area contributed by atoms with Crippen LogP contribution in [0.2, 0.25) is 0 Å². The molecule has 152 valence electrons. The summed E-state index contributed by atoms with van der Waals surface area (Å²) in [6, 6.07) is -1.32. The van der Waals surface area contributed by atoms with Crippen molar-refractivity contribution in [2.45, 2.75) is 63.9 Å². The zero-order valence-electron chi connectivity index (χ0n) is 14.3. The Morgan fingerprint density at radius 1 is 1.04 bits per heavy atom. The highest BCUT2D eigenvalue weighted by molar-refractivity contribution is 5.89. The number of rotatable bonds is 5. The van der Waals surface area contributed by atoms with Crippen LogP contribution in [0, 0.1) is 0 Å². The first-order valence-corrected chi connectivity index (χ1v) is 7.07. The number of halogens is 6. The summed E-state index contributed by atoms with van der Waals surface area (Å²) in [6.45, 7) is 8.62. The lowest BCUT2D eigenvalue weighted by Gasteiger charge is -2.26. The molecule has 0 aromatic rings. The Balaban J connectivity index is 5.00. The van der Waals surface area contributed by atoms with Crippen molar-refractivity contribution in [3.63, 3.8) is 0 Å². The van der Waals surface area contributed by atoms with Crippen molar-refractivity contribution in [3.8, 4) is 0 Å². The van der Waals surface area contributed by atoms with Crippen molar-refractivity contribution < 1.29 is 50.5 Å². The van der Waals surface area contributed by atoms with Gasteiger partial charge in [-0.05, 0) is 27.7 Å². The van der Waals surface area contributed by atoms with Crippen molar-refractivity contribution in [2.75, 3.05) is 0 Å². The molecule has 0 aliphatic heterocycles. The molecule has 1 amide bonds. The average Bonchev–Trinajstić information content (AvgIpc) is 2.37. The van der Waals surface area contributed by atoms with Gasteiger partial charge < -0.3 is 19.9 Å². The second-order valence-corrected chi connectivity index (χ2v) is 6.27. The topological polar surface area (TPSA) is 84.9 Å². The molecule has 0 radical (unpaired) electrons. The van der Waals surface area contributed by atoms with Gasteiger partial charge in [0.2, 0.25) is 0 Å². The number of aliphatic hydroxyl groups is 1. The van der Waals surface area contributed by atoms with Crippen molar-refractivity contribution in [2.24, 2.45) is 0 Å². The lowest BCUT2D eigenvalue weighted by atomic mass is 10.1. The minimum atomic E-state index is -5.90. The number of amides is 1. The van der Waals surface area contributed by atoms with Crippen LogP contribution in [0.15, 0.2) is 12.2 Å². The third-order valence-corrected chi connectivity index (χ3v) is 2.66. The largest absolute Gasteiger partial charge is 0.444 e. The van der Waals surface area contributed by atoms with E-state index >= 15 is 0 Å². The van der Waals surface area contributed by atoms with Crippen LogP contribution in [-0.4, -0.2) is 53.4 Å². The number of carbonyl (C=O) groups excluding carboxylic acids is 2. The minimum Gasteiger partial charge on any atom is -0.444 e. The van der Waals surface area contributed by atoms with Crippen molar-refractivity contribution in [1.29, 1.82) is 0 Å². The van der Waals surface area contributed by atoms with Crippen LogP contribution in [0.5, 0.6) is 0 Å². The fraction of sp³-hybridized carbons (Fsp3) is 0.714. The zero-order chi connectivity index (χ0) is 21.1. The standard InChI is InChI=1S/C14H19F6NO5/c1-6(8(22)7(2)21-11(24)26-12(3,4)5)9(23)25-10(13(15,16)17)14(18,19)20/h7-8,10,22H,1H2,2-5H3,(H,21,24)/t7-,8-/m0/s1. The highest BCUT2D eigenvalue weighted by atomic mass is 19.4. The Kier molecular flexibility index (Phi) is 7.52. The molecule has 0 saturated heterocycles. The predicted octanol–water partition coefficient (Wildman–Crippen LogP) is 2.85. The highest BCUT2D eigenvalue weighted by Crippen LogP contribution is 2.36. The number of carbonyl (C=O) groups is 2. The Morgan fingerprint density at radius 3 is 1.81 bits per heavy atom. The number of alkyl halides is 6. The summed E-state index contributed by atoms with van der Waals surface area (Å²) in [4.78, 5) is 23.0. The molecule has 0 unspecified atom stereocenters. The van der Waals surface area contributed by atoms with E-state index in [1.165, 1.54) is 20.8 Å². The van der Waals surface area contributed by atoms with E-state index in [0.29, 0.717) is 0 Å². The van der Waals surface area contributed by atoms with E-state index in [0.717, 1.165) is 6.92 Å². The molecule has 0 saturated carbocycles. The van der Waals surface area contributed by atoms with Crippen LogP contribution in [0.1, 0.15) is 27.7 Å². The number of hydrogen-bond acceptors (Lipinski definition) is 5. The van der Waals surface area contributed by atoms with Gasteiger partial charge in [-0.2, -0.15) is 26.3 Å². The number of nitrogens with one attached hydrogen (secondary N) is 1. The van der Waals surface area contributed by atoms with Gasteiger partial charge in [-0.25, -0.2) is 9.59 Å². The maximum atomic E-state index is 12.4. The first-order chi connectivity index (χ1) is 11.4. The molecule has 0 heterocycles. The van der Waals surface area contributed by atoms with Crippen LogP contribution < -0.4 is 5.32 Å². The van der Waals surface area contributed by atoms with Gasteiger partial charge >= 0.3 is 24.4 Å². The molecule has 0 rings (SSSR count). The van der Waals surface area contributed by atoms with E-state index in [2.05, 4.69) is 16.6 Å². The SMILES string of the molecule is C=C(C(=O)OC(C(F)(F)F)C(F)(F)F)[C@H](O)[C@H](C)NC(=O)OC(C)(C)C. The molecular weight excluding hydrogens is 376 g/mol. The van der Waals surface area contributed by atoms with Crippen molar-refractivity contribution in [3.05, 3.63) is 12.2 Å². The van der Waals surface area contributed by atoms with Gasteiger partial charge in [0.25, 0.3) is 6.10 Å². The Bertz CT molecular complexity index is 523. The van der Waals surface area contributed by atoms with E-state index < -0.39 is 53.8 Å². The fourth-order valence-electron chi connectivity index (χ4n) is 1.50. The Morgan fingerprint density at radius 2 is 1.46 bits per heavy atom. The molecule has 0 aromatic carbocycles. The van der Waals surface area contributed by atoms with E-state index in [1.807, 2.05) is 0 Å². The summed E-state index contributed by atoms with van der Waals surface area (Å²) in [6.07, 6.45) is -19.2. The van der Waals surface area contributed by atoms with Gasteiger partial charge in [0.05, 0.1) is 11.6 Å². The minimum absolute atomic E-state index is 0.905. The Hall–Kier alpha value is -1.98.